The molecule has 2 unspecified atom stereocenters. The van der Waals surface area contributed by atoms with E-state index >= 15 is 0 Å². The Labute approximate surface area is 470 Å². The lowest BCUT2D eigenvalue weighted by Gasteiger charge is -2.25. The number of aliphatic carboxylic acids is 1. The third-order valence-corrected chi connectivity index (χ3v) is 11.8. The van der Waals surface area contributed by atoms with Crippen LogP contribution in [0, 0.1) is 0 Å². The predicted molar refractivity (Wildman–Crippen MR) is 327 cm³/mol. The summed E-state index contributed by atoms with van der Waals surface area (Å²) >= 11 is 0. The van der Waals surface area contributed by atoms with Gasteiger partial charge in [-0.3, -0.25) is 9.59 Å². The minimum Gasteiger partial charge on any atom is -0.477 e. The fourth-order valence-corrected chi connectivity index (χ4v) is 7.21. The van der Waals surface area contributed by atoms with E-state index in [4.69, 9.17) is 18.9 Å². The van der Waals surface area contributed by atoms with E-state index in [1.54, 1.807) is 0 Å². The first-order valence-electron chi connectivity index (χ1n) is 29.6. The van der Waals surface area contributed by atoms with Gasteiger partial charge in [-0.25, -0.2) is 4.79 Å². The molecule has 0 aromatic carbocycles. The van der Waals surface area contributed by atoms with Crippen LogP contribution in [0.1, 0.15) is 194 Å². The minimum atomic E-state index is -1.53. The number of nitrogens with zero attached hydrogens (tertiary/aromatic N) is 1. The highest BCUT2D eigenvalue weighted by molar-refractivity contribution is 5.71. The van der Waals surface area contributed by atoms with Crippen molar-refractivity contribution in [3.63, 3.8) is 0 Å². The van der Waals surface area contributed by atoms with Crippen LogP contribution in [0.2, 0.25) is 0 Å². The van der Waals surface area contributed by atoms with Crippen molar-refractivity contribution in [1.29, 1.82) is 0 Å². The zero-order chi connectivity index (χ0) is 56.2. The van der Waals surface area contributed by atoms with Gasteiger partial charge in [-0.1, -0.05) is 217 Å². The number of carbonyl (C=O) groups is 3. The fraction of sp³-hybridized carbons (Fsp3) is 0.574. The molecule has 0 aliphatic carbocycles. The summed E-state index contributed by atoms with van der Waals surface area (Å²) in [5.74, 6) is -2.08. The molecule has 2 atom stereocenters. The molecule has 432 valence electrons. The van der Waals surface area contributed by atoms with E-state index in [2.05, 4.69) is 172 Å². The largest absolute Gasteiger partial charge is 0.477 e. The van der Waals surface area contributed by atoms with Crippen LogP contribution < -0.4 is 0 Å². The van der Waals surface area contributed by atoms with Gasteiger partial charge in [0, 0.05) is 12.8 Å². The Morgan fingerprint density at radius 3 is 1.12 bits per heavy atom. The number of carboxylic acids is 1. The van der Waals surface area contributed by atoms with Gasteiger partial charge >= 0.3 is 17.9 Å². The molecule has 0 saturated heterocycles. The van der Waals surface area contributed by atoms with E-state index in [9.17, 15) is 19.5 Å². The fourth-order valence-electron chi connectivity index (χ4n) is 7.21. The Morgan fingerprint density at radius 2 is 0.740 bits per heavy atom. The Balaban J connectivity index is 4.22. The average molecular weight is 1070 g/mol. The van der Waals surface area contributed by atoms with Crippen molar-refractivity contribution < 1.29 is 42.9 Å². The summed E-state index contributed by atoms with van der Waals surface area (Å²) in [4.78, 5) is 37.3. The number of quaternary nitrogens is 1. The Hall–Kier alpha value is -5.09. The van der Waals surface area contributed by atoms with Crippen LogP contribution in [0.5, 0.6) is 0 Å². The van der Waals surface area contributed by atoms with E-state index in [1.807, 2.05) is 21.1 Å². The first-order valence-corrected chi connectivity index (χ1v) is 29.6. The first kappa shape index (κ1) is 71.9. The maximum Gasteiger partial charge on any atom is 0.361 e. The van der Waals surface area contributed by atoms with Crippen molar-refractivity contribution in [1.82, 2.24) is 0 Å². The summed E-state index contributed by atoms with van der Waals surface area (Å²) in [6.07, 6.45) is 82.0. The summed E-state index contributed by atoms with van der Waals surface area (Å²) < 4.78 is 22.7. The van der Waals surface area contributed by atoms with E-state index in [1.165, 1.54) is 12.8 Å². The average Bonchev–Trinajstić information content (AvgIpc) is 3.40. The molecule has 0 radical (unpaired) electrons. The van der Waals surface area contributed by atoms with Crippen molar-refractivity contribution >= 4 is 17.9 Å². The van der Waals surface area contributed by atoms with Gasteiger partial charge in [0.25, 0.3) is 6.29 Å². The van der Waals surface area contributed by atoms with Gasteiger partial charge in [-0.2, -0.15) is 0 Å². The molecule has 0 rings (SSSR count). The molecule has 0 heterocycles. The van der Waals surface area contributed by atoms with E-state index in [-0.39, 0.29) is 38.6 Å². The number of esters is 2. The smallest absolute Gasteiger partial charge is 0.361 e. The molecule has 0 saturated carbocycles. The van der Waals surface area contributed by atoms with Gasteiger partial charge in [0.15, 0.2) is 6.10 Å². The molecule has 9 heteroatoms. The number of hydrogen-bond donors (Lipinski definition) is 1. The van der Waals surface area contributed by atoms with Gasteiger partial charge in [0.1, 0.15) is 13.2 Å². The number of carbonyl (C=O) groups excluding carboxylic acids is 2. The summed E-state index contributed by atoms with van der Waals surface area (Å²) in [7, 11) is 5.93. The highest BCUT2D eigenvalue weighted by atomic mass is 16.7. The highest BCUT2D eigenvalue weighted by Gasteiger charge is 2.25. The molecular formula is C68H108NO8+. The van der Waals surface area contributed by atoms with Gasteiger partial charge in [0.2, 0.25) is 0 Å². The topological polar surface area (TPSA) is 108 Å². The van der Waals surface area contributed by atoms with Crippen LogP contribution in [0.15, 0.2) is 158 Å². The third-order valence-electron chi connectivity index (χ3n) is 11.8. The van der Waals surface area contributed by atoms with Crippen LogP contribution in [0.4, 0.5) is 0 Å². The lowest BCUT2D eigenvalue weighted by atomic mass is 10.1. The van der Waals surface area contributed by atoms with Crippen LogP contribution >= 0.6 is 0 Å². The number of allylic oxidation sites excluding steroid dienone is 26. The summed E-state index contributed by atoms with van der Waals surface area (Å²) in [6.45, 7) is 4.64. The van der Waals surface area contributed by atoms with Crippen LogP contribution in [0.25, 0.3) is 0 Å². The van der Waals surface area contributed by atoms with Crippen molar-refractivity contribution in [3.05, 3.63) is 158 Å². The number of hydrogen-bond acceptors (Lipinski definition) is 7. The normalized spacial score (nSPS) is 13.9. The van der Waals surface area contributed by atoms with E-state index in [0.717, 1.165) is 148 Å². The number of rotatable bonds is 52. The Morgan fingerprint density at radius 1 is 0.403 bits per heavy atom. The van der Waals surface area contributed by atoms with Crippen LogP contribution in [0.3, 0.4) is 0 Å². The molecule has 0 aromatic rings. The zero-order valence-electron chi connectivity index (χ0n) is 49.0. The molecular weight excluding hydrogens is 959 g/mol. The zero-order valence-corrected chi connectivity index (χ0v) is 49.0. The van der Waals surface area contributed by atoms with Gasteiger partial charge in [0.05, 0.1) is 34.4 Å². The molecule has 0 aromatic heterocycles. The summed E-state index contributed by atoms with van der Waals surface area (Å²) in [5, 5.41) is 9.67. The quantitative estimate of drug-likeness (QED) is 0.0211. The standard InChI is InChI=1S/C68H107NO8/c1-6-8-10-12-14-16-18-19-20-21-22-23-24-25-26-27-28-29-30-31-32-33-34-35-36-37-38-39-40-41-42-43-44-45-46-47-49-51-53-55-57-59-66(71)77-64(63-76-68(67(72)73)74-61-60-69(3,4)5)62-75-65(70)58-56-54-52-50-48-17-15-13-11-9-7-2/h8,10,13-16,19-20,22-23,25-26,28-29,31-32,34-35,37-38,40-41,43-44,46-47,64,68H,6-7,9,11-12,17-18,21,24,27,30,33,36,39,42,45,48-63H2,1-5H3/p+1/b10-8-,15-13-,16-14-,20-19-,23-22-,26-25-,29-28-,32-31-,35-34-,38-37-,41-40-,44-43-,47-46-. The molecule has 0 amide bonds. The molecule has 1 N–H and O–H groups in total. The second-order valence-corrected chi connectivity index (χ2v) is 20.2. The molecule has 0 spiro atoms. The lowest BCUT2D eigenvalue weighted by Crippen LogP contribution is -2.40. The van der Waals surface area contributed by atoms with E-state index < -0.39 is 24.3 Å². The maximum absolute atomic E-state index is 12.8. The van der Waals surface area contributed by atoms with Gasteiger partial charge in [-0.05, 0) is 122 Å². The van der Waals surface area contributed by atoms with Crippen molar-refractivity contribution in [2.75, 3.05) is 47.5 Å². The monoisotopic (exact) mass is 1070 g/mol. The Kier molecular flexibility index (Phi) is 53.3. The van der Waals surface area contributed by atoms with Crippen LogP contribution in [-0.2, 0) is 33.3 Å². The molecule has 0 fully saturated rings. The third kappa shape index (κ3) is 58.4. The van der Waals surface area contributed by atoms with Gasteiger partial charge in [-0.15, -0.1) is 0 Å². The van der Waals surface area contributed by atoms with Crippen LogP contribution in [-0.4, -0.2) is 87.4 Å². The number of carboxylic acid groups (broad SMARTS) is 1. The maximum atomic E-state index is 12.8. The SMILES string of the molecule is CC/C=C\C/C=C\C/C=C\C/C=C\C/C=C\C/C=C\C/C=C\C/C=C\C/C=C\C/C=C\C/C=C\C/C=C\CCCCCCC(=O)OC(COC(=O)CCCCCCC/C=C\CCCC)COC(OCC[N+](C)(C)C)C(=O)O. The molecule has 0 aliphatic rings. The molecule has 9 nitrogen and oxygen atoms in total. The number of unbranched alkanes of at least 4 members (excludes halogenated alkanes) is 11. The summed E-state index contributed by atoms with van der Waals surface area (Å²) in [6, 6.07) is 0. The molecule has 0 aliphatic heterocycles. The highest BCUT2D eigenvalue weighted by Crippen LogP contribution is 2.12. The summed E-state index contributed by atoms with van der Waals surface area (Å²) in [5.41, 5.74) is 0. The number of likely N-dealkylation sites (N-methyl/N-ethyl adjacent to an activating group) is 1. The molecule has 77 heavy (non-hydrogen) atoms. The molecule has 0 bridgehead atoms. The van der Waals surface area contributed by atoms with Gasteiger partial charge < -0.3 is 28.5 Å². The van der Waals surface area contributed by atoms with Crippen molar-refractivity contribution in [3.8, 4) is 0 Å². The number of ether oxygens (including phenoxy) is 4. The Bertz CT molecular complexity index is 1810. The van der Waals surface area contributed by atoms with Crippen molar-refractivity contribution in [2.45, 2.75) is 206 Å². The first-order chi connectivity index (χ1) is 37.6. The van der Waals surface area contributed by atoms with Crippen molar-refractivity contribution in [2.24, 2.45) is 0 Å². The second-order valence-electron chi connectivity index (χ2n) is 20.2. The minimum absolute atomic E-state index is 0.173. The lowest BCUT2D eigenvalue weighted by molar-refractivity contribution is -0.870. The van der Waals surface area contributed by atoms with E-state index in [0.29, 0.717) is 17.4 Å². The second kappa shape index (κ2) is 57.1. The predicted octanol–water partition coefficient (Wildman–Crippen LogP) is 17.8.